The average molecular weight is 471 g/mol. The van der Waals surface area contributed by atoms with Crippen LogP contribution < -0.4 is 15.0 Å². The van der Waals surface area contributed by atoms with Crippen molar-refractivity contribution in [1.82, 2.24) is 19.9 Å². The normalized spacial score (nSPS) is 23.5. The summed E-state index contributed by atoms with van der Waals surface area (Å²) in [4.78, 5) is 19.7. The van der Waals surface area contributed by atoms with E-state index in [2.05, 4.69) is 27.1 Å². The van der Waals surface area contributed by atoms with E-state index in [-0.39, 0.29) is 12.1 Å². The van der Waals surface area contributed by atoms with Gasteiger partial charge in [-0.2, -0.15) is 0 Å². The van der Waals surface area contributed by atoms with E-state index in [0.717, 1.165) is 16.6 Å². The summed E-state index contributed by atoms with van der Waals surface area (Å²) in [5.74, 6) is 1.58. The number of fused-ring (bicyclic) bond motifs is 4. The molecule has 0 radical (unpaired) electrons. The van der Waals surface area contributed by atoms with E-state index in [0.29, 0.717) is 61.4 Å². The monoisotopic (exact) mass is 470 g/mol. The molecule has 2 atom stereocenters. The van der Waals surface area contributed by atoms with Gasteiger partial charge >= 0.3 is 0 Å². The zero-order valence-corrected chi connectivity index (χ0v) is 19.6. The Labute approximate surface area is 191 Å². The predicted octanol–water partition coefficient (Wildman–Crippen LogP) is 2.08. The average Bonchev–Trinajstić information content (AvgIpc) is 3.49. The van der Waals surface area contributed by atoms with Crippen LogP contribution in [0.4, 0.5) is 11.5 Å². The molecule has 0 spiro atoms. The van der Waals surface area contributed by atoms with Gasteiger partial charge in [0.25, 0.3) is 0 Å². The maximum Gasteiger partial charge on any atom is 0.185 e. The van der Waals surface area contributed by atoms with Gasteiger partial charge in [0.15, 0.2) is 27.2 Å². The first kappa shape index (κ1) is 20.7. The van der Waals surface area contributed by atoms with Gasteiger partial charge in [-0.05, 0) is 25.8 Å². The predicted molar refractivity (Wildman–Crippen MR) is 124 cm³/mol. The Kier molecular flexibility index (Phi) is 4.41. The Morgan fingerprint density at radius 2 is 2.06 bits per heavy atom. The first-order chi connectivity index (χ1) is 15.8. The number of aromatic nitrogens is 4. The number of hydrogen-bond acceptors (Lipinski definition) is 9. The zero-order chi connectivity index (χ0) is 23.0. The zero-order valence-electron chi connectivity index (χ0n) is 18.8. The first-order valence-electron chi connectivity index (χ1n) is 11.1. The lowest BCUT2D eigenvalue weighted by atomic mass is 10.1. The van der Waals surface area contributed by atoms with Gasteiger partial charge in [0.2, 0.25) is 0 Å². The molecule has 10 nitrogen and oxygen atoms in total. The summed E-state index contributed by atoms with van der Waals surface area (Å²) in [5, 5.41) is 4.05. The molecular formula is C22H26N6O4S. The number of aromatic amines is 1. The fourth-order valence-electron chi connectivity index (χ4n) is 5.09. The van der Waals surface area contributed by atoms with Gasteiger partial charge in [-0.3, -0.25) is 0 Å². The molecule has 3 aromatic heterocycles. The molecule has 1 saturated carbocycles. The lowest BCUT2D eigenvalue weighted by Crippen LogP contribution is -2.56. The van der Waals surface area contributed by atoms with Crippen molar-refractivity contribution in [3.05, 3.63) is 24.2 Å². The summed E-state index contributed by atoms with van der Waals surface area (Å²) in [7, 11) is -1.59. The summed E-state index contributed by atoms with van der Waals surface area (Å²) < 4.78 is 36.7. The molecule has 1 aliphatic carbocycles. The van der Waals surface area contributed by atoms with Crippen LogP contribution in [-0.4, -0.2) is 73.6 Å². The molecule has 0 aromatic carbocycles. The summed E-state index contributed by atoms with van der Waals surface area (Å²) in [5.41, 5.74) is 2.72. The highest BCUT2D eigenvalue weighted by Crippen LogP contribution is 2.57. The molecule has 3 aromatic rings. The van der Waals surface area contributed by atoms with E-state index >= 15 is 0 Å². The summed E-state index contributed by atoms with van der Waals surface area (Å²) in [6.07, 6.45) is 5.88. The van der Waals surface area contributed by atoms with Crippen LogP contribution in [-0.2, 0) is 19.3 Å². The quantitative estimate of drug-likeness (QED) is 0.590. The van der Waals surface area contributed by atoms with Crippen LogP contribution in [0.25, 0.3) is 22.4 Å². The van der Waals surface area contributed by atoms with E-state index in [9.17, 15) is 8.42 Å². The van der Waals surface area contributed by atoms with Crippen molar-refractivity contribution in [2.45, 2.75) is 36.6 Å². The highest BCUT2D eigenvalue weighted by atomic mass is 32.2. The van der Waals surface area contributed by atoms with Crippen LogP contribution in [0.2, 0.25) is 0 Å². The largest absolute Gasteiger partial charge is 0.486 e. The smallest absolute Gasteiger partial charge is 0.185 e. The van der Waals surface area contributed by atoms with E-state index in [1.807, 2.05) is 19.3 Å². The third-order valence-electron chi connectivity index (χ3n) is 6.97. The lowest BCUT2D eigenvalue weighted by molar-refractivity contribution is 0.0483. The number of rotatable bonds is 4. The fraction of sp³-hybridized carbons (Fsp3) is 0.500. The summed E-state index contributed by atoms with van der Waals surface area (Å²) in [6, 6.07) is 2.02. The molecule has 0 amide bonds. The van der Waals surface area contributed by atoms with Crippen LogP contribution in [0.3, 0.4) is 0 Å². The molecule has 174 valence electrons. The molecule has 11 heteroatoms. The first-order valence-corrected chi connectivity index (χ1v) is 13.0. The van der Waals surface area contributed by atoms with Gasteiger partial charge in [-0.25, -0.2) is 23.4 Å². The third kappa shape index (κ3) is 2.95. The van der Waals surface area contributed by atoms with Gasteiger partial charge in [-0.1, -0.05) is 0 Å². The molecule has 1 saturated heterocycles. The van der Waals surface area contributed by atoms with Crippen LogP contribution >= 0.6 is 0 Å². The fourth-order valence-corrected chi connectivity index (χ4v) is 6.42. The van der Waals surface area contributed by atoms with Crippen LogP contribution in [0.5, 0.6) is 5.75 Å². The van der Waals surface area contributed by atoms with Gasteiger partial charge in [0.05, 0.1) is 42.7 Å². The minimum Gasteiger partial charge on any atom is -0.486 e. The molecule has 2 fully saturated rings. The molecular weight excluding hydrogens is 444 g/mol. The third-order valence-corrected chi connectivity index (χ3v) is 9.00. The van der Waals surface area contributed by atoms with Crippen LogP contribution in [0.1, 0.15) is 25.5 Å². The van der Waals surface area contributed by atoms with Crippen LogP contribution in [0, 0.1) is 0 Å². The number of nitrogens with zero attached hydrogens (tertiary/aromatic N) is 4. The maximum absolute atomic E-state index is 12.9. The number of sulfone groups is 1. The Balaban J connectivity index is 1.66. The standard InChI is InChI=1S/C22H26N6O4S/c1-12-9-31-10-13-11-32-17-18(22(5-6-22)33(3,29)30)26-20(27-21(17)28(12)13)16-14-4-7-24-19(14)25-8-15(16)23-2/h4,7-8,12-13,23H,5-6,9-11H2,1-3H3,(H,24,25)/t12-,13+/m1/s1. The molecule has 2 N–H and O–H groups in total. The molecule has 6 rings (SSSR count). The topological polar surface area (TPSA) is 122 Å². The molecule has 5 heterocycles. The van der Waals surface area contributed by atoms with Crippen molar-refractivity contribution >= 4 is 32.4 Å². The Hall–Kier alpha value is -2.92. The Morgan fingerprint density at radius 1 is 1.24 bits per heavy atom. The van der Waals surface area contributed by atoms with Gasteiger partial charge in [-0.15, -0.1) is 0 Å². The number of ether oxygens (including phenoxy) is 2. The molecule has 0 bridgehead atoms. The second-order valence-corrected chi connectivity index (χ2v) is 11.4. The van der Waals surface area contributed by atoms with E-state index in [1.54, 1.807) is 6.20 Å². The van der Waals surface area contributed by atoms with E-state index in [4.69, 9.17) is 19.4 Å². The molecule has 0 unspecified atom stereocenters. The number of nitrogens with one attached hydrogen (secondary N) is 2. The van der Waals surface area contributed by atoms with Crippen molar-refractivity contribution < 1.29 is 17.9 Å². The number of morpholine rings is 1. The van der Waals surface area contributed by atoms with Gasteiger partial charge in [0.1, 0.15) is 22.7 Å². The van der Waals surface area contributed by atoms with Crippen molar-refractivity contribution in [1.29, 1.82) is 0 Å². The molecule has 2 aliphatic heterocycles. The van der Waals surface area contributed by atoms with E-state index < -0.39 is 14.6 Å². The Bertz CT molecular complexity index is 1370. The number of anilines is 2. The van der Waals surface area contributed by atoms with E-state index in [1.165, 1.54) is 6.26 Å². The number of hydrogen-bond donors (Lipinski definition) is 2. The number of H-pyrrole nitrogens is 1. The minimum atomic E-state index is -3.41. The highest BCUT2D eigenvalue weighted by molar-refractivity contribution is 7.92. The van der Waals surface area contributed by atoms with Gasteiger partial charge in [0, 0.05) is 24.9 Å². The molecule has 3 aliphatic rings. The second kappa shape index (κ2) is 7.04. The highest BCUT2D eigenvalue weighted by Gasteiger charge is 2.58. The Morgan fingerprint density at radius 3 is 2.79 bits per heavy atom. The van der Waals surface area contributed by atoms with Crippen molar-refractivity contribution in [2.24, 2.45) is 0 Å². The molecule has 33 heavy (non-hydrogen) atoms. The summed E-state index contributed by atoms with van der Waals surface area (Å²) in [6.45, 7) is 3.60. The minimum absolute atomic E-state index is 0.0127. The lowest BCUT2D eigenvalue weighted by Gasteiger charge is -2.45. The van der Waals surface area contributed by atoms with Gasteiger partial charge < -0.3 is 24.7 Å². The second-order valence-electron chi connectivity index (χ2n) is 9.11. The SMILES string of the molecule is CNc1cnc2[nH]ccc2c1-c1nc2c(c(C3(S(C)(=O)=O)CC3)n1)OC[C@@H]1COC[C@@H](C)N21. The van der Waals surface area contributed by atoms with Crippen molar-refractivity contribution in [2.75, 3.05) is 43.3 Å². The van der Waals surface area contributed by atoms with Crippen molar-refractivity contribution in [3.8, 4) is 17.1 Å². The number of pyridine rings is 1. The van der Waals surface area contributed by atoms with Crippen LogP contribution in [0.15, 0.2) is 18.5 Å². The van der Waals surface area contributed by atoms with Crippen molar-refractivity contribution in [3.63, 3.8) is 0 Å². The maximum atomic E-state index is 12.9. The summed E-state index contributed by atoms with van der Waals surface area (Å²) >= 11 is 0.